The Balaban J connectivity index is 2.19. The van der Waals surface area contributed by atoms with Crippen molar-refractivity contribution in [3.05, 3.63) is 11.3 Å². The number of amides is 1. The van der Waals surface area contributed by atoms with Crippen molar-refractivity contribution in [3.63, 3.8) is 0 Å². The first-order valence-electron chi connectivity index (χ1n) is 5.68. The molecule has 0 unspecified atom stereocenters. The lowest BCUT2D eigenvalue weighted by Gasteiger charge is -2.11. The molecule has 0 aliphatic heterocycles. The third kappa shape index (κ3) is 2.24. The zero-order valence-corrected chi connectivity index (χ0v) is 10.4. The van der Waals surface area contributed by atoms with E-state index in [0.717, 1.165) is 24.4 Å². The predicted octanol–water partition coefficient (Wildman–Crippen LogP) is 1.56. The van der Waals surface area contributed by atoms with Crippen LogP contribution >= 0.6 is 12.6 Å². The van der Waals surface area contributed by atoms with E-state index in [-0.39, 0.29) is 5.91 Å². The molecule has 0 saturated heterocycles. The molecule has 0 atom stereocenters. The van der Waals surface area contributed by atoms with Gasteiger partial charge in [-0.25, -0.2) is 0 Å². The Labute approximate surface area is 101 Å². The summed E-state index contributed by atoms with van der Waals surface area (Å²) in [5.41, 5.74) is 2.37. The molecule has 4 nitrogen and oxygen atoms in total. The summed E-state index contributed by atoms with van der Waals surface area (Å²) >= 11 is 4.05. The van der Waals surface area contributed by atoms with Crippen molar-refractivity contribution in [1.29, 1.82) is 0 Å². The molecular weight excluding hydrogens is 222 g/mol. The van der Waals surface area contributed by atoms with Gasteiger partial charge in [-0.15, -0.1) is 0 Å². The Bertz CT molecular complexity index is 400. The zero-order chi connectivity index (χ0) is 11.5. The predicted molar refractivity (Wildman–Crippen MR) is 66.9 cm³/mol. The van der Waals surface area contributed by atoms with Crippen LogP contribution in [0.2, 0.25) is 0 Å². The van der Waals surface area contributed by atoms with Crippen LogP contribution in [-0.2, 0) is 24.7 Å². The van der Waals surface area contributed by atoms with Gasteiger partial charge >= 0.3 is 0 Å². The second-order valence-electron chi connectivity index (χ2n) is 4.13. The normalized spacial score (nSPS) is 14.6. The van der Waals surface area contributed by atoms with E-state index < -0.39 is 0 Å². The molecule has 1 N–H and O–H groups in total. The van der Waals surface area contributed by atoms with Gasteiger partial charge in [0.25, 0.3) is 0 Å². The number of rotatable bonds is 3. The van der Waals surface area contributed by atoms with E-state index in [4.69, 9.17) is 0 Å². The van der Waals surface area contributed by atoms with Gasteiger partial charge in [-0.2, -0.15) is 17.7 Å². The maximum Gasteiger partial charge on any atom is 0.226 e. The van der Waals surface area contributed by atoms with Gasteiger partial charge in [0.2, 0.25) is 5.91 Å². The molecule has 0 bridgehead atoms. The first kappa shape index (κ1) is 11.5. The highest BCUT2D eigenvalue weighted by molar-refractivity contribution is 7.80. The Hall–Kier alpha value is -0.970. The molecule has 5 heteroatoms. The fourth-order valence-electron chi connectivity index (χ4n) is 2.13. The molecule has 88 valence electrons. The SMILES string of the molecule is Cn1nc2c(c1NC(=O)CCS)CCCC2. The van der Waals surface area contributed by atoms with E-state index >= 15 is 0 Å². The van der Waals surface area contributed by atoms with Crippen molar-refractivity contribution < 1.29 is 4.79 Å². The Morgan fingerprint density at radius 3 is 3.00 bits per heavy atom. The number of nitrogens with zero attached hydrogens (tertiary/aromatic N) is 2. The number of fused-ring (bicyclic) bond motifs is 1. The molecule has 0 aromatic carbocycles. The molecule has 1 amide bonds. The van der Waals surface area contributed by atoms with Crippen molar-refractivity contribution in [2.24, 2.45) is 7.05 Å². The Morgan fingerprint density at radius 2 is 2.25 bits per heavy atom. The number of hydrogen-bond acceptors (Lipinski definition) is 3. The molecule has 1 heterocycles. The van der Waals surface area contributed by atoms with Gasteiger partial charge in [0.05, 0.1) is 5.69 Å². The minimum Gasteiger partial charge on any atom is -0.311 e. The molecule has 2 rings (SSSR count). The van der Waals surface area contributed by atoms with Crippen molar-refractivity contribution in [1.82, 2.24) is 9.78 Å². The molecule has 0 spiro atoms. The van der Waals surface area contributed by atoms with E-state index in [2.05, 4.69) is 23.0 Å². The average molecular weight is 239 g/mol. The van der Waals surface area contributed by atoms with Crippen molar-refractivity contribution in [2.45, 2.75) is 32.1 Å². The van der Waals surface area contributed by atoms with Crippen molar-refractivity contribution in [2.75, 3.05) is 11.1 Å². The van der Waals surface area contributed by atoms with Gasteiger partial charge < -0.3 is 5.32 Å². The average Bonchev–Trinajstić information content (AvgIpc) is 2.56. The lowest BCUT2D eigenvalue weighted by atomic mass is 9.97. The summed E-state index contributed by atoms with van der Waals surface area (Å²) in [7, 11) is 1.88. The number of hydrogen-bond donors (Lipinski definition) is 2. The standard InChI is InChI=1S/C11H17N3OS/c1-14-11(12-10(15)6-7-16)8-4-2-3-5-9(8)13-14/h16H,2-7H2,1H3,(H,12,15). The molecule has 0 saturated carbocycles. The summed E-state index contributed by atoms with van der Waals surface area (Å²) in [6, 6.07) is 0. The molecule has 1 aliphatic rings. The summed E-state index contributed by atoms with van der Waals surface area (Å²) in [4.78, 5) is 11.5. The number of carbonyl (C=O) groups excluding carboxylic acids is 1. The lowest BCUT2D eigenvalue weighted by Crippen LogP contribution is -2.16. The fraction of sp³-hybridized carbons (Fsp3) is 0.636. The van der Waals surface area contributed by atoms with Crippen LogP contribution in [0.5, 0.6) is 0 Å². The van der Waals surface area contributed by atoms with Crippen LogP contribution in [0.1, 0.15) is 30.5 Å². The number of carbonyl (C=O) groups is 1. The molecule has 0 fully saturated rings. The highest BCUT2D eigenvalue weighted by atomic mass is 32.1. The van der Waals surface area contributed by atoms with Crippen LogP contribution in [0.4, 0.5) is 5.82 Å². The van der Waals surface area contributed by atoms with Gasteiger partial charge in [0, 0.05) is 19.0 Å². The second-order valence-corrected chi connectivity index (χ2v) is 4.57. The van der Waals surface area contributed by atoms with Crippen LogP contribution in [0.15, 0.2) is 0 Å². The second kappa shape index (κ2) is 4.91. The molecule has 1 aliphatic carbocycles. The van der Waals surface area contributed by atoms with E-state index in [1.54, 1.807) is 4.68 Å². The van der Waals surface area contributed by atoms with E-state index in [1.165, 1.54) is 18.4 Å². The quantitative estimate of drug-likeness (QED) is 0.786. The van der Waals surface area contributed by atoms with Crippen molar-refractivity contribution in [3.8, 4) is 0 Å². The van der Waals surface area contributed by atoms with Crippen LogP contribution in [0, 0.1) is 0 Å². The first-order valence-corrected chi connectivity index (χ1v) is 6.31. The Kier molecular flexibility index (Phi) is 3.53. The lowest BCUT2D eigenvalue weighted by molar-refractivity contribution is -0.115. The highest BCUT2D eigenvalue weighted by Crippen LogP contribution is 2.27. The maximum absolute atomic E-state index is 11.5. The zero-order valence-electron chi connectivity index (χ0n) is 9.49. The van der Waals surface area contributed by atoms with Gasteiger partial charge in [-0.1, -0.05) is 0 Å². The molecule has 1 aromatic rings. The van der Waals surface area contributed by atoms with Gasteiger partial charge in [0.1, 0.15) is 5.82 Å². The summed E-state index contributed by atoms with van der Waals surface area (Å²) in [6.07, 6.45) is 4.90. The molecule has 0 radical (unpaired) electrons. The topological polar surface area (TPSA) is 46.9 Å². The largest absolute Gasteiger partial charge is 0.311 e. The number of anilines is 1. The number of nitrogens with one attached hydrogen (secondary N) is 1. The fourth-order valence-corrected chi connectivity index (χ4v) is 2.34. The number of thiol groups is 1. The van der Waals surface area contributed by atoms with E-state index in [9.17, 15) is 4.79 Å². The van der Waals surface area contributed by atoms with Crippen molar-refractivity contribution >= 4 is 24.4 Å². The smallest absolute Gasteiger partial charge is 0.226 e. The molecule has 16 heavy (non-hydrogen) atoms. The van der Waals surface area contributed by atoms with Gasteiger partial charge in [-0.05, 0) is 31.4 Å². The third-order valence-corrected chi connectivity index (χ3v) is 3.14. The highest BCUT2D eigenvalue weighted by Gasteiger charge is 2.20. The van der Waals surface area contributed by atoms with Crippen LogP contribution in [0.25, 0.3) is 0 Å². The van der Waals surface area contributed by atoms with E-state index in [1.807, 2.05) is 7.05 Å². The number of aromatic nitrogens is 2. The first-order chi connectivity index (χ1) is 7.72. The molecule has 1 aromatic heterocycles. The Morgan fingerprint density at radius 1 is 1.50 bits per heavy atom. The van der Waals surface area contributed by atoms with Crippen LogP contribution in [0.3, 0.4) is 0 Å². The third-order valence-electron chi connectivity index (χ3n) is 2.92. The summed E-state index contributed by atoms with van der Waals surface area (Å²) < 4.78 is 1.78. The maximum atomic E-state index is 11.5. The van der Waals surface area contributed by atoms with Gasteiger partial charge in [-0.3, -0.25) is 9.48 Å². The van der Waals surface area contributed by atoms with Crippen LogP contribution < -0.4 is 5.32 Å². The van der Waals surface area contributed by atoms with Gasteiger partial charge in [0.15, 0.2) is 0 Å². The summed E-state index contributed by atoms with van der Waals surface area (Å²) in [5, 5.41) is 7.38. The molecular formula is C11H17N3OS. The van der Waals surface area contributed by atoms with Crippen LogP contribution in [-0.4, -0.2) is 21.4 Å². The van der Waals surface area contributed by atoms with E-state index in [0.29, 0.717) is 12.2 Å². The monoisotopic (exact) mass is 239 g/mol. The minimum absolute atomic E-state index is 0.0198. The number of aryl methyl sites for hydroxylation is 2. The minimum atomic E-state index is 0.0198. The summed E-state index contributed by atoms with van der Waals surface area (Å²) in [6.45, 7) is 0. The summed E-state index contributed by atoms with van der Waals surface area (Å²) in [5.74, 6) is 1.47.